The van der Waals surface area contributed by atoms with Gasteiger partial charge < -0.3 is 14.2 Å². The van der Waals surface area contributed by atoms with E-state index in [9.17, 15) is 9.59 Å². The van der Waals surface area contributed by atoms with Crippen molar-refractivity contribution < 1.29 is 23.8 Å². The summed E-state index contributed by atoms with van der Waals surface area (Å²) in [5.41, 5.74) is 0.534. The van der Waals surface area contributed by atoms with Gasteiger partial charge in [-0.2, -0.15) is 0 Å². The molecule has 1 atom stereocenters. The number of carbonyl (C=O) groups is 2. The van der Waals surface area contributed by atoms with Gasteiger partial charge in [0, 0.05) is 11.4 Å². The fourth-order valence-electron chi connectivity index (χ4n) is 2.34. The summed E-state index contributed by atoms with van der Waals surface area (Å²) in [7, 11) is 0. The standard InChI is InChI=1S/C16H18Cl2N2O5/c1-4-23-15(21)11-7-10(17)8-12(18)14(11)20-9(3)6-13(19-20)25-16(22)24-5-2/h7-9H,4-6H2,1-3H3. The molecule has 1 unspecified atom stereocenters. The normalized spacial score (nSPS) is 16.4. The Labute approximate surface area is 155 Å². The van der Waals surface area contributed by atoms with Gasteiger partial charge in [-0.05, 0) is 32.9 Å². The van der Waals surface area contributed by atoms with Crippen LogP contribution in [0.5, 0.6) is 0 Å². The highest BCUT2D eigenvalue weighted by molar-refractivity contribution is 6.37. The first-order valence-corrected chi connectivity index (χ1v) is 8.50. The Balaban J connectivity index is 2.38. The summed E-state index contributed by atoms with van der Waals surface area (Å²) in [4.78, 5) is 23.7. The molecule has 0 N–H and O–H groups in total. The zero-order valence-corrected chi connectivity index (χ0v) is 15.6. The summed E-state index contributed by atoms with van der Waals surface area (Å²) in [5.74, 6) is -0.393. The van der Waals surface area contributed by atoms with E-state index in [-0.39, 0.29) is 35.7 Å². The molecule has 1 aromatic carbocycles. The van der Waals surface area contributed by atoms with Gasteiger partial charge in [-0.3, -0.25) is 5.01 Å². The summed E-state index contributed by atoms with van der Waals surface area (Å²) in [5, 5.41) is 6.30. The lowest BCUT2D eigenvalue weighted by Crippen LogP contribution is -2.25. The molecule has 1 aliphatic rings. The predicted molar refractivity (Wildman–Crippen MR) is 94.5 cm³/mol. The van der Waals surface area contributed by atoms with Crippen molar-refractivity contribution in [2.24, 2.45) is 5.10 Å². The molecule has 1 aromatic rings. The zero-order chi connectivity index (χ0) is 18.6. The van der Waals surface area contributed by atoms with Gasteiger partial charge in [0.25, 0.3) is 0 Å². The second-order valence-corrected chi connectivity index (χ2v) is 6.02. The van der Waals surface area contributed by atoms with Crippen LogP contribution in [-0.4, -0.2) is 37.3 Å². The van der Waals surface area contributed by atoms with E-state index < -0.39 is 12.1 Å². The molecule has 0 amide bonds. The topological polar surface area (TPSA) is 77.4 Å². The average molecular weight is 389 g/mol. The quantitative estimate of drug-likeness (QED) is 0.717. The highest BCUT2D eigenvalue weighted by Crippen LogP contribution is 2.37. The van der Waals surface area contributed by atoms with Gasteiger partial charge in [-0.15, -0.1) is 5.10 Å². The van der Waals surface area contributed by atoms with Crippen molar-refractivity contribution in [3.8, 4) is 0 Å². The monoisotopic (exact) mass is 388 g/mol. The summed E-state index contributed by atoms with van der Waals surface area (Å²) < 4.78 is 14.8. The van der Waals surface area contributed by atoms with E-state index in [2.05, 4.69) is 5.10 Å². The van der Waals surface area contributed by atoms with E-state index >= 15 is 0 Å². The molecule has 0 aromatic heterocycles. The second-order valence-electron chi connectivity index (χ2n) is 5.18. The van der Waals surface area contributed by atoms with Crippen molar-refractivity contribution in [3.05, 3.63) is 27.7 Å². The van der Waals surface area contributed by atoms with Gasteiger partial charge in [0.05, 0.1) is 35.5 Å². The fraction of sp³-hybridized carbons (Fsp3) is 0.438. The molecule has 0 fully saturated rings. The van der Waals surface area contributed by atoms with Crippen LogP contribution in [0.3, 0.4) is 0 Å². The van der Waals surface area contributed by atoms with Crippen LogP contribution in [-0.2, 0) is 14.2 Å². The van der Waals surface area contributed by atoms with Gasteiger partial charge in [0.15, 0.2) is 0 Å². The molecular weight excluding hydrogens is 371 g/mol. The summed E-state index contributed by atoms with van der Waals surface area (Å²) in [6.45, 7) is 5.63. The molecule has 0 saturated heterocycles. The third-order valence-electron chi connectivity index (χ3n) is 3.32. The molecule has 0 aliphatic carbocycles. The van der Waals surface area contributed by atoms with Crippen LogP contribution in [0.15, 0.2) is 17.2 Å². The van der Waals surface area contributed by atoms with Gasteiger partial charge in [0.1, 0.15) is 0 Å². The van der Waals surface area contributed by atoms with Crippen LogP contribution >= 0.6 is 23.2 Å². The first-order valence-electron chi connectivity index (χ1n) is 7.74. The molecule has 0 spiro atoms. The summed E-state index contributed by atoms with van der Waals surface area (Å²) in [6.07, 6.45) is -0.483. The SMILES string of the molecule is CCOC(=O)OC1=NN(c2c(Cl)cc(Cl)cc2C(=O)OCC)C(C)C1. The summed E-state index contributed by atoms with van der Waals surface area (Å²) >= 11 is 12.3. The fourth-order valence-corrected chi connectivity index (χ4v) is 2.92. The number of hydrogen-bond acceptors (Lipinski definition) is 7. The van der Waals surface area contributed by atoms with E-state index in [1.807, 2.05) is 6.92 Å². The van der Waals surface area contributed by atoms with Crippen LogP contribution in [0.4, 0.5) is 10.5 Å². The number of ether oxygens (including phenoxy) is 3. The lowest BCUT2D eigenvalue weighted by Gasteiger charge is -2.23. The molecule has 0 saturated carbocycles. The molecular formula is C16H18Cl2N2O5. The lowest BCUT2D eigenvalue weighted by atomic mass is 10.1. The summed E-state index contributed by atoms with van der Waals surface area (Å²) in [6, 6.07) is 2.78. The number of esters is 1. The number of benzene rings is 1. The van der Waals surface area contributed by atoms with Crippen molar-refractivity contribution >= 4 is 46.9 Å². The Morgan fingerprint density at radius 1 is 1.24 bits per heavy atom. The van der Waals surface area contributed by atoms with Crippen molar-refractivity contribution in [3.63, 3.8) is 0 Å². The van der Waals surface area contributed by atoms with Gasteiger partial charge in [0.2, 0.25) is 5.90 Å². The first-order chi connectivity index (χ1) is 11.9. The maximum atomic E-state index is 12.3. The Morgan fingerprint density at radius 2 is 1.92 bits per heavy atom. The number of rotatable bonds is 4. The van der Waals surface area contributed by atoms with Crippen LogP contribution in [0.1, 0.15) is 37.6 Å². The maximum Gasteiger partial charge on any atom is 0.514 e. The highest BCUT2D eigenvalue weighted by Gasteiger charge is 2.32. The number of halogens is 2. The van der Waals surface area contributed by atoms with Crippen LogP contribution in [0, 0.1) is 0 Å². The third-order valence-corrected chi connectivity index (χ3v) is 3.83. The van der Waals surface area contributed by atoms with E-state index in [1.54, 1.807) is 13.8 Å². The van der Waals surface area contributed by atoms with Gasteiger partial charge >= 0.3 is 12.1 Å². The average Bonchev–Trinajstić information content (AvgIpc) is 2.87. The molecule has 9 heteroatoms. The molecule has 136 valence electrons. The second kappa shape index (κ2) is 8.40. The Hall–Kier alpha value is -1.99. The van der Waals surface area contributed by atoms with E-state index in [0.717, 1.165) is 0 Å². The smallest absolute Gasteiger partial charge is 0.462 e. The predicted octanol–water partition coefficient (Wildman–Crippen LogP) is 4.26. The van der Waals surface area contributed by atoms with Crippen molar-refractivity contribution in [2.75, 3.05) is 18.2 Å². The Morgan fingerprint density at radius 3 is 2.56 bits per heavy atom. The number of nitrogens with zero attached hydrogens (tertiary/aromatic N) is 2. The molecule has 2 rings (SSSR count). The minimum absolute atomic E-state index is 0.173. The van der Waals surface area contributed by atoms with Crippen molar-refractivity contribution in [1.82, 2.24) is 0 Å². The van der Waals surface area contributed by atoms with Crippen molar-refractivity contribution in [1.29, 1.82) is 0 Å². The van der Waals surface area contributed by atoms with Crippen LogP contribution in [0.25, 0.3) is 0 Å². The minimum Gasteiger partial charge on any atom is -0.462 e. The molecule has 0 radical (unpaired) electrons. The number of hydrazone groups is 1. The van der Waals surface area contributed by atoms with E-state index in [1.165, 1.54) is 17.1 Å². The minimum atomic E-state index is -0.830. The Kier molecular flexibility index (Phi) is 6.50. The zero-order valence-electron chi connectivity index (χ0n) is 14.0. The van der Waals surface area contributed by atoms with Gasteiger partial charge in [-0.25, -0.2) is 9.59 Å². The van der Waals surface area contributed by atoms with E-state index in [4.69, 9.17) is 37.4 Å². The molecule has 0 bridgehead atoms. The maximum absolute atomic E-state index is 12.3. The molecule has 1 heterocycles. The van der Waals surface area contributed by atoms with Crippen LogP contribution in [0.2, 0.25) is 10.0 Å². The lowest BCUT2D eigenvalue weighted by molar-refractivity contribution is 0.0526. The number of carbonyl (C=O) groups excluding carboxylic acids is 2. The molecule has 7 nitrogen and oxygen atoms in total. The largest absolute Gasteiger partial charge is 0.514 e. The molecule has 25 heavy (non-hydrogen) atoms. The van der Waals surface area contributed by atoms with Crippen molar-refractivity contribution in [2.45, 2.75) is 33.2 Å². The Bertz CT molecular complexity index is 708. The van der Waals surface area contributed by atoms with Gasteiger partial charge in [-0.1, -0.05) is 23.2 Å². The highest BCUT2D eigenvalue weighted by atomic mass is 35.5. The number of anilines is 1. The number of hydrogen-bond donors (Lipinski definition) is 0. The molecule has 1 aliphatic heterocycles. The third kappa shape index (κ3) is 4.55. The van der Waals surface area contributed by atoms with Crippen LogP contribution < -0.4 is 5.01 Å². The first kappa shape index (κ1) is 19.3. The van der Waals surface area contributed by atoms with E-state index in [0.29, 0.717) is 17.1 Å².